The van der Waals surface area contributed by atoms with E-state index in [2.05, 4.69) is 4.98 Å². The van der Waals surface area contributed by atoms with Gasteiger partial charge in [-0.05, 0) is 55.3 Å². The molecular weight excluding hydrogens is 288 g/mol. The predicted molar refractivity (Wildman–Crippen MR) is 88.6 cm³/mol. The predicted octanol–water partition coefficient (Wildman–Crippen LogP) is 3.77. The minimum absolute atomic E-state index is 0.351. The number of hydrogen-bond acceptors (Lipinski definition) is 3. The number of ether oxygens (including phenoxy) is 1. The molecule has 0 N–H and O–H groups in total. The lowest BCUT2D eigenvalue weighted by Gasteiger charge is -2.11. The molecule has 0 radical (unpaired) electrons. The van der Waals surface area contributed by atoms with Gasteiger partial charge in [0.1, 0.15) is 11.4 Å². The van der Waals surface area contributed by atoms with Gasteiger partial charge in [-0.3, -0.25) is 4.98 Å². The average Bonchev–Trinajstić information content (AvgIpc) is 2.99. The number of nitrogens with zero attached hydrogens (tertiary/aromatic N) is 2. The van der Waals surface area contributed by atoms with E-state index < -0.39 is 0 Å². The van der Waals surface area contributed by atoms with Gasteiger partial charge >= 0.3 is 5.97 Å². The van der Waals surface area contributed by atoms with Crippen LogP contribution in [0.25, 0.3) is 0 Å². The minimum Gasteiger partial charge on any atom is -0.422 e. The summed E-state index contributed by atoms with van der Waals surface area (Å²) in [6.45, 7) is 4.55. The van der Waals surface area contributed by atoms with Gasteiger partial charge in [0.15, 0.2) is 0 Å². The van der Waals surface area contributed by atoms with E-state index in [1.54, 1.807) is 18.5 Å². The summed E-state index contributed by atoms with van der Waals surface area (Å²) in [7, 11) is 0. The molecule has 0 fully saturated rings. The zero-order chi connectivity index (χ0) is 16.2. The van der Waals surface area contributed by atoms with Gasteiger partial charge in [0.2, 0.25) is 0 Å². The molecule has 0 aliphatic rings. The lowest BCUT2D eigenvalue weighted by atomic mass is 10.1. The third-order valence-corrected chi connectivity index (χ3v) is 3.67. The van der Waals surface area contributed by atoms with Crippen LogP contribution in [-0.2, 0) is 6.54 Å². The Morgan fingerprint density at radius 1 is 1.13 bits per heavy atom. The van der Waals surface area contributed by atoms with E-state index in [1.165, 1.54) is 0 Å². The zero-order valence-corrected chi connectivity index (χ0v) is 13.2. The van der Waals surface area contributed by atoms with E-state index >= 15 is 0 Å². The molecule has 4 nitrogen and oxygen atoms in total. The Morgan fingerprint density at radius 3 is 2.65 bits per heavy atom. The number of pyridine rings is 1. The Kier molecular flexibility index (Phi) is 4.24. The third kappa shape index (κ3) is 3.48. The summed E-state index contributed by atoms with van der Waals surface area (Å²) < 4.78 is 7.43. The minimum atomic E-state index is -0.351. The van der Waals surface area contributed by atoms with Crippen LogP contribution in [0.4, 0.5) is 0 Å². The monoisotopic (exact) mass is 306 g/mol. The topological polar surface area (TPSA) is 44.1 Å². The van der Waals surface area contributed by atoms with Crippen LogP contribution in [0.1, 0.15) is 27.2 Å². The maximum absolute atomic E-state index is 12.5. The quantitative estimate of drug-likeness (QED) is 0.544. The fourth-order valence-corrected chi connectivity index (χ4v) is 2.49. The summed E-state index contributed by atoms with van der Waals surface area (Å²) in [5, 5.41) is 0. The van der Waals surface area contributed by atoms with Crippen LogP contribution in [0.5, 0.6) is 5.75 Å². The molecule has 0 spiro atoms. The van der Waals surface area contributed by atoms with Crippen LogP contribution in [0, 0.1) is 13.8 Å². The van der Waals surface area contributed by atoms with Crippen LogP contribution in [0.3, 0.4) is 0 Å². The van der Waals surface area contributed by atoms with Crippen LogP contribution in [0.2, 0.25) is 0 Å². The zero-order valence-electron chi connectivity index (χ0n) is 13.2. The molecular formula is C19H18N2O2. The molecule has 0 atom stereocenters. The van der Waals surface area contributed by atoms with Crippen molar-refractivity contribution in [2.75, 3.05) is 0 Å². The Labute approximate surface area is 135 Å². The molecule has 0 amide bonds. The highest BCUT2D eigenvalue weighted by molar-refractivity contribution is 5.89. The number of carbonyl (C=O) groups excluding carboxylic acids is 1. The molecule has 4 heteroatoms. The molecule has 0 bridgehead atoms. The Bertz CT molecular complexity index is 822. The summed E-state index contributed by atoms with van der Waals surface area (Å²) in [6, 6.07) is 13.2. The van der Waals surface area contributed by atoms with Gasteiger partial charge in [0, 0.05) is 25.1 Å². The molecule has 1 aromatic carbocycles. The lowest BCUT2D eigenvalue weighted by molar-refractivity contribution is 0.0722. The highest BCUT2D eigenvalue weighted by atomic mass is 16.5. The Hall–Kier alpha value is -2.88. The summed E-state index contributed by atoms with van der Waals surface area (Å²) in [5.74, 6) is 0.244. The first-order valence-electron chi connectivity index (χ1n) is 7.47. The number of carbonyl (C=O) groups is 1. The molecule has 2 heterocycles. The van der Waals surface area contributed by atoms with Crippen molar-refractivity contribution in [2.24, 2.45) is 0 Å². The van der Waals surface area contributed by atoms with Crippen molar-refractivity contribution in [3.8, 4) is 5.75 Å². The van der Waals surface area contributed by atoms with Crippen molar-refractivity contribution in [3.63, 3.8) is 0 Å². The second-order valence-corrected chi connectivity index (χ2v) is 5.54. The largest absolute Gasteiger partial charge is 0.422 e. The summed E-state index contributed by atoms with van der Waals surface area (Å²) in [5.41, 5.74) is 3.70. The van der Waals surface area contributed by atoms with E-state index in [0.29, 0.717) is 18.0 Å². The van der Waals surface area contributed by atoms with Gasteiger partial charge in [0.05, 0.1) is 0 Å². The molecule has 0 aliphatic heterocycles. The van der Waals surface area contributed by atoms with Gasteiger partial charge in [-0.25, -0.2) is 4.79 Å². The number of aryl methyl sites for hydroxylation is 2. The Morgan fingerprint density at radius 2 is 1.91 bits per heavy atom. The van der Waals surface area contributed by atoms with E-state index in [9.17, 15) is 4.79 Å². The molecule has 2 aromatic heterocycles. The summed E-state index contributed by atoms with van der Waals surface area (Å²) in [4.78, 5) is 16.5. The van der Waals surface area contributed by atoms with Crippen molar-refractivity contribution >= 4 is 5.97 Å². The SMILES string of the molecule is Cc1ccc(OC(=O)c2cccn2Cc2ccncc2)c(C)c1. The van der Waals surface area contributed by atoms with Crippen molar-refractivity contribution in [3.05, 3.63) is 83.4 Å². The number of benzene rings is 1. The summed E-state index contributed by atoms with van der Waals surface area (Å²) >= 11 is 0. The highest BCUT2D eigenvalue weighted by Gasteiger charge is 2.14. The van der Waals surface area contributed by atoms with Gasteiger partial charge in [0.25, 0.3) is 0 Å². The molecule has 0 unspecified atom stereocenters. The number of hydrogen-bond donors (Lipinski definition) is 0. The molecule has 3 aromatic rings. The second kappa shape index (κ2) is 6.48. The fourth-order valence-electron chi connectivity index (χ4n) is 2.49. The molecule has 0 aliphatic carbocycles. The van der Waals surface area contributed by atoms with E-state index in [1.807, 2.05) is 61.0 Å². The van der Waals surface area contributed by atoms with E-state index in [-0.39, 0.29) is 5.97 Å². The van der Waals surface area contributed by atoms with Crippen LogP contribution in [0.15, 0.2) is 61.1 Å². The molecule has 116 valence electrons. The van der Waals surface area contributed by atoms with Crippen molar-refractivity contribution in [1.29, 1.82) is 0 Å². The van der Waals surface area contributed by atoms with Crippen molar-refractivity contribution in [2.45, 2.75) is 20.4 Å². The van der Waals surface area contributed by atoms with Gasteiger partial charge in [-0.15, -0.1) is 0 Å². The first kappa shape index (κ1) is 15.0. The number of esters is 1. The first-order chi connectivity index (χ1) is 11.1. The fraction of sp³-hybridized carbons (Fsp3) is 0.158. The molecule has 0 saturated heterocycles. The van der Waals surface area contributed by atoms with Crippen molar-refractivity contribution in [1.82, 2.24) is 9.55 Å². The molecule has 23 heavy (non-hydrogen) atoms. The third-order valence-electron chi connectivity index (χ3n) is 3.67. The van der Waals surface area contributed by atoms with Crippen LogP contribution in [-0.4, -0.2) is 15.5 Å². The first-order valence-corrected chi connectivity index (χ1v) is 7.47. The normalized spacial score (nSPS) is 10.5. The molecule has 0 saturated carbocycles. The lowest BCUT2D eigenvalue weighted by Crippen LogP contribution is -2.15. The standard InChI is InChI=1S/C19H18N2O2/c1-14-5-6-18(15(2)12-14)23-19(22)17-4-3-11-21(17)13-16-7-9-20-10-8-16/h3-12H,13H2,1-2H3. The van der Waals surface area contributed by atoms with Crippen LogP contribution < -0.4 is 4.74 Å². The number of aromatic nitrogens is 2. The highest BCUT2D eigenvalue weighted by Crippen LogP contribution is 2.20. The second-order valence-electron chi connectivity index (χ2n) is 5.54. The van der Waals surface area contributed by atoms with E-state index in [4.69, 9.17) is 4.74 Å². The summed E-state index contributed by atoms with van der Waals surface area (Å²) in [6.07, 6.45) is 5.36. The van der Waals surface area contributed by atoms with E-state index in [0.717, 1.165) is 16.7 Å². The average molecular weight is 306 g/mol. The van der Waals surface area contributed by atoms with Gasteiger partial charge in [-0.2, -0.15) is 0 Å². The van der Waals surface area contributed by atoms with Crippen molar-refractivity contribution < 1.29 is 9.53 Å². The Balaban J connectivity index is 1.79. The van der Waals surface area contributed by atoms with Gasteiger partial charge in [-0.1, -0.05) is 17.7 Å². The maximum Gasteiger partial charge on any atom is 0.360 e. The number of rotatable bonds is 4. The van der Waals surface area contributed by atoms with Crippen LogP contribution >= 0.6 is 0 Å². The molecule has 3 rings (SSSR count). The smallest absolute Gasteiger partial charge is 0.360 e. The van der Waals surface area contributed by atoms with Gasteiger partial charge < -0.3 is 9.30 Å². The maximum atomic E-state index is 12.5.